The number of halogens is 1. The van der Waals surface area contributed by atoms with Crippen LogP contribution in [0.2, 0.25) is 5.02 Å². The molecule has 0 atom stereocenters. The van der Waals surface area contributed by atoms with Gasteiger partial charge in [-0.25, -0.2) is 8.42 Å². The fraction of sp³-hybridized carbons (Fsp3) is 0.364. The van der Waals surface area contributed by atoms with Gasteiger partial charge in [0, 0.05) is 5.75 Å². The van der Waals surface area contributed by atoms with E-state index in [1.54, 1.807) is 25.1 Å². The summed E-state index contributed by atoms with van der Waals surface area (Å²) in [6, 6.07) is 4.98. The molecule has 0 saturated carbocycles. The molecule has 1 aromatic rings. The second-order valence-electron chi connectivity index (χ2n) is 3.56. The molecule has 0 aliphatic rings. The second-order valence-corrected chi connectivity index (χ2v) is 6.88. The van der Waals surface area contributed by atoms with Gasteiger partial charge in [0.25, 0.3) is 0 Å². The highest BCUT2D eigenvalue weighted by Crippen LogP contribution is 2.26. The molecule has 0 saturated heterocycles. The topological polar surface area (TPSA) is 69.4 Å². The fourth-order valence-electron chi connectivity index (χ4n) is 1.29. The van der Waals surface area contributed by atoms with E-state index in [0.29, 0.717) is 16.3 Å². The van der Waals surface area contributed by atoms with Crippen LogP contribution in [0.15, 0.2) is 18.2 Å². The van der Waals surface area contributed by atoms with Gasteiger partial charge in [0.15, 0.2) is 9.84 Å². The van der Waals surface area contributed by atoms with Gasteiger partial charge in [-0.15, -0.1) is 0 Å². The van der Waals surface area contributed by atoms with Crippen LogP contribution in [0.25, 0.3) is 0 Å². The Kier molecular flexibility index (Phi) is 5.37. The van der Waals surface area contributed by atoms with Crippen molar-refractivity contribution >= 4 is 38.6 Å². The largest absolute Gasteiger partial charge is 0.492 e. The summed E-state index contributed by atoms with van der Waals surface area (Å²) in [6.45, 7) is 1.64. The van der Waals surface area contributed by atoms with Gasteiger partial charge in [-0.05, 0) is 12.1 Å². The lowest BCUT2D eigenvalue weighted by Gasteiger charge is -2.11. The first-order valence-electron chi connectivity index (χ1n) is 5.29. The summed E-state index contributed by atoms with van der Waals surface area (Å²) in [6.07, 6.45) is 0. The summed E-state index contributed by atoms with van der Waals surface area (Å²) < 4.78 is 28.0. The van der Waals surface area contributed by atoms with E-state index in [9.17, 15) is 8.42 Å². The third-order valence-corrected chi connectivity index (χ3v) is 4.50. The van der Waals surface area contributed by atoms with Crippen LogP contribution in [0.3, 0.4) is 0 Å². The number of sulfone groups is 1. The number of hydrogen-bond acceptors (Lipinski definition) is 4. The van der Waals surface area contributed by atoms with E-state index < -0.39 is 9.84 Å². The molecule has 7 heteroatoms. The molecule has 0 amide bonds. The zero-order valence-electron chi connectivity index (χ0n) is 9.85. The Hall–Kier alpha value is -0.850. The maximum Gasteiger partial charge on any atom is 0.153 e. The first kappa shape index (κ1) is 15.2. The Balaban J connectivity index is 2.80. The molecule has 1 rings (SSSR count). The normalized spacial score (nSPS) is 11.2. The van der Waals surface area contributed by atoms with E-state index in [0.717, 1.165) is 0 Å². The maximum atomic E-state index is 11.3. The summed E-state index contributed by atoms with van der Waals surface area (Å²) in [5, 5.41) is 0.387. The van der Waals surface area contributed by atoms with Gasteiger partial charge in [0.2, 0.25) is 0 Å². The molecule has 18 heavy (non-hydrogen) atoms. The SMILES string of the molecule is CCS(=O)(=O)CCOc1cccc(Cl)c1C(N)=S. The van der Waals surface area contributed by atoms with E-state index in [-0.39, 0.29) is 23.1 Å². The number of ether oxygens (including phenoxy) is 1. The Morgan fingerprint density at radius 2 is 2.17 bits per heavy atom. The molecule has 0 aromatic heterocycles. The van der Waals surface area contributed by atoms with Crippen molar-refractivity contribution in [1.82, 2.24) is 0 Å². The van der Waals surface area contributed by atoms with Gasteiger partial charge in [-0.2, -0.15) is 0 Å². The van der Waals surface area contributed by atoms with Crippen LogP contribution < -0.4 is 10.5 Å². The van der Waals surface area contributed by atoms with Crippen molar-refractivity contribution < 1.29 is 13.2 Å². The predicted octanol–water partition coefficient (Wildman–Crippen LogP) is 1.79. The first-order valence-corrected chi connectivity index (χ1v) is 7.89. The van der Waals surface area contributed by atoms with Crippen LogP contribution in [0.4, 0.5) is 0 Å². The van der Waals surface area contributed by atoms with Gasteiger partial charge in [-0.1, -0.05) is 36.8 Å². The molecule has 0 radical (unpaired) electrons. The van der Waals surface area contributed by atoms with E-state index in [4.69, 9.17) is 34.3 Å². The Morgan fingerprint density at radius 1 is 1.50 bits per heavy atom. The first-order chi connectivity index (χ1) is 8.37. The zero-order valence-corrected chi connectivity index (χ0v) is 12.2. The Labute approximate surface area is 117 Å². The van der Waals surface area contributed by atoms with Crippen molar-refractivity contribution in [2.24, 2.45) is 5.73 Å². The highest BCUT2D eigenvalue weighted by atomic mass is 35.5. The lowest BCUT2D eigenvalue weighted by Crippen LogP contribution is -2.18. The highest BCUT2D eigenvalue weighted by Gasteiger charge is 2.12. The summed E-state index contributed by atoms with van der Waals surface area (Å²) >= 11 is 10.8. The van der Waals surface area contributed by atoms with E-state index in [1.807, 2.05) is 0 Å². The number of benzene rings is 1. The summed E-state index contributed by atoms with van der Waals surface area (Å²) in [5.74, 6) is 0.446. The van der Waals surface area contributed by atoms with Crippen molar-refractivity contribution in [3.8, 4) is 5.75 Å². The molecule has 0 aliphatic heterocycles. The number of rotatable bonds is 6. The van der Waals surface area contributed by atoms with E-state index in [1.165, 1.54) is 0 Å². The van der Waals surface area contributed by atoms with Crippen LogP contribution in [-0.2, 0) is 9.84 Å². The molecule has 2 N–H and O–H groups in total. The number of nitrogens with two attached hydrogens (primary N) is 1. The molecule has 0 unspecified atom stereocenters. The summed E-state index contributed by atoms with van der Waals surface area (Å²) in [4.78, 5) is 0.119. The van der Waals surface area contributed by atoms with Gasteiger partial charge in [0.1, 0.15) is 17.3 Å². The van der Waals surface area contributed by atoms with Crippen LogP contribution in [-0.4, -0.2) is 31.5 Å². The minimum Gasteiger partial charge on any atom is -0.492 e. The lowest BCUT2D eigenvalue weighted by atomic mass is 10.2. The molecule has 1 aromatic carbocycles. The van der Waals surface area contributed by atoms with Crippen molar-refractivity contribution in [2.45, 2.75) is 6.92 Å². The molecule has 0 heterocycles. The summed E-state index contributed by atoms with van der Waals surface area (Å²) in [7, 11) is -3.05. The Bertz CT molecular complexity index is 543. The summed E-state index contributed by atoms with van der Waals surface area (Å²) in [5.41, 5.74) is 5.98. The van der Waals surface area contributed by atoms with E-state index in [2.05, 4.69) is 0 Å². The molecule has 100 valence electrons. The van der Waals surface area contributed by atoms with Crippen LogP contribution in [0, 0.1) is 0 Å². The molecular weight excluding hydrogens is 294 g/mol. The third kappa shape index (κ3) is 4.12. The third-order valence-electron chi connectivity index (χ3n) is 2.31. The van der Waals surface area contributed by atoms with Gasteiger partial charge >= 0.3 is 0 Å². The number of hydrogen-bond donors (Lipinski definition) is 1. The lowest BCUT2D eigenvalue weighted by molar-refractivity contribution is 0.340. The minimum absolute atomic E-state index is 0.0477. The smallest absolute Gasteiger partial charge is 0.153 e. The van der Waals surface area contributed by atoms with Gasteiger partial charge < -0.3 is 10.5 Å². The molecule has 0 fully saturated rings. The van der Waals surface area contributed by atoms with Gasteiger partial charge in [-0.3, -0.25) is 0 Å². The van der Waals surface area contributed by atoms with Crippen molar-refractivity contribution in [3.63, 3.8) is 0 Å². The van der Waals surface area contributed by atoms with E-state index >= 15 is 0 Å². The van der Waals surface area contributed by atoms with Crippen LogP contribution in [0.5, 0.6) is 5.75 Å². The highest BCUT2D eigenvalue weighted by molar-refractivity contribution is 7.91. The minimum atomic E-state index is -3.05. The molecule has 0 aliphatic carbocycles. The molecule has 4 nitrogen and oxygen atoms in total. The van der Waals surface area contributed by atoms with Crippen molar-refractivity contribution in [1.29, 1.82) is 0 Å². The van der Waals surface area contributed by atoms with Crippen molar-refractivity contribution in [2.75, 3.05) is 18.1 Å². The average molecular weight is 308 g/mol. The number of thiocarbonyl (C=S) groups is 1. The van der Waals surface area contributed by atoms with Crippen LogP contribution in [0.1, 0.15) is 12.5 Å². The molecule has 0 bridgehead atoms. The average Bonchev–Trinajstić information content (AvgIpc) is 2.28. The Morgan fingerprint density at radius 3 is 2.72 bits per heavy atom. The predicted molar refractivity (Wildman–Crippen MR) is 77.2 cm³/mol. The van der Waals surface area contributed by atoms with Gasteiger partial charge in [0.05, 0.1) is 16.3 Å². The fourth-order valence-corrected chi connectivity index (χ4v) is 2.45. The molecule has 0 spiro atoms. The monoisotopic (exact) mass is 307 g/mol. The quantitative estimate of drug-likeness (QED) is 0.811. The zero-order chi connectivity index (χ0) is 13.8. The van der Waals surface area contributed by atoms with Crippen molar-refractivity contribution in [3.05, 3.63) is 28.8 Å². The van der Waals surface area contributed by atoms with Crippen LogP contribution >= 0.6 is 23.8 Å². The molecular formula is C11H14ClNO3S2. The standard InChI is InChI=1S/C11H14ClNO3S2/c1-2-18(14,15)7-6-16-9-5-3-4-8(12)10(9)11(13)17/h3-5H,2,6-7H2,1H3,(H2,13,17). The maximum absolute atomic E-state index is 11.3. The second kappa shape index (κ2) is 6.36.